The van der Waals surface area contributed by atoms with Crippen LogP contribution in [0, 0.1) is 11.3 Å². The number of carbonyl (C=O) groups is 1. The quantitative estimate of drug-likeness (QED) is 0.737. The standard InChI is InChI=1S/C23H32N4O/c1-25(23(20-24)12-6-3-7-13-23)22(28)19-27-17-15-26(16-18-27)14-8-11-21-9-4-2-5-10-21/h2,4-5,8-11H,3,6-7,12-19H2,1H3/p+2/b11-8+. The lowest BCUT2D eigenvalue weighted by Crippen LogP contribution is -3.28. The Bertz CT molecular complexity index is 695. The van der Waals surface area contributed by atoms with Crippen LogP contribution in [0.5, 0.6) is 0 Å². The average molecular weight is 383 g/mol. The fraction of sp³-hybridized carbons (Fsp3) is 0.565. The van der Waals surface area contributed by atoms with Gasteiger partial charge in [0, 0.05) is 7.05 Å². The van der Waals surface area contributed by atoms with E-state index in [1.54, 1.807) is 9.80 Å². The lowest BCUT2D eigenvalue weighted by molar-refractivity contribution is -1.01. The summed E-state index contributed by atoms with van der Waals surface area (Å²) in [6.07, 6.45) is 9.39. The molecular weight excluding hydrogens is 348 g/mol. The predicted molar refractivity (Wildman–Crippen MR) is 111 cm³/mol. The highest BCUT2D eigenvalue weighted by Gasteiger charge is 2.40. The van der Waals surface area contributed by atoms with Crippen molar-refractivity contribution >= 4 is 12.0 Å². The molecule has 3 rings (SSSR count). The number of hydrogen-bond acceptors (Lipinski definition) is 2. The van der Waals surface area contributed by atoms with Crippen molar-refractivity contribution in [2.24, 2.45) is 0 Å². The first-order chi connectivity index (χ1) is 13.6. The smallest absolute Gasteiger partial charge is 0.278 e. The molecule has 0 aromatic heterocycles. The number of carbonyl (C=O) groups excluding carboxylic acids is 1. The van der Waals surface area contributed by atoms with E-state index in [4.69, 9.17) is 0 Å². The SMILES string of the molecule is CN(C(=O)C[NH+]1CC[NH+](C/C=C/c2ccccc2)CC1)C1(C#N)CCCCC1. The normalized spacial score (nSPS) is 24.6. The number of piperazine rings is 1. The first-order valence-corrected chi connectivity index (χ1v) is 10.7. The maximum absolute atomic E-state index is 12.8. The summed E-state index contributed by atoms with van der Waals surface area (Å²) < 4.78 is 0. The fourth-order valence-corrected chi connectivity index (χ4v) is 4.49. The van der Waals surface area contributed by atoms with Crippen molar-refractivity contribution in [2.75, 3.05) is 46.3 Å². The van der Waals surface area contributed by atoms with Crippen LogP contribution in [-0.2, 0) is 4.79 Å². The Morgan fingerprint density at radius 1 is 1.11 bits per heavy atom. The van der Waals surface area contributed by atoms with Gasteiger partial charge in [-0.2, -0.15) is 5.26 Å². The Morgan fingerprint density at radius 2 is 1.75 bits per heavy atom. The number of nitriles is 1. The zero-order valence-electron chi connectivity index (χ0n) is 17.1. The highest BCUT2D eigenvalue weighted by atomic mass is 16.2. The Balaban J connectivity index is 1.43. The number of nitrogens with one attached hydrogen (secondary N) is 2. The molecule has 1 heterocycles. The van der Waals surface area contributed by atoms with Crippen LogP contribution in [0.2, 0.25) is 0 Å². The minimum Gasteiger partial charge on any atom is -0.322 e. The van der Waals surface area contributed by atoms with E-state index in [-0.39, 0.29) is 5.91 Å². The zero-order valence-corrected chi connectivity index (χ0v) is 17.1. The first-order valence-electron chi connectivity index (χ1n) is 10.7. The molecule has 28 heavy (non-hydrogen) atoms. The van der Waals surface area contributed by atoms with Gasteiger partial charge in [-0.1, -0.05) is 55.7 Å². The second-order valence-corrected chi connectivity index (χ2v) is 8.35. The van der Waals surface area contributed by atoms with Gasteiger partial charge in [-0.25, -0.2) is 0 Å². The van der Waals surface area contributed by atoms with E-state index in [0.29, 0.717) is 6.54 Å². The molecule has 2 N–H and O–H groups in total. The largest absolute Gasteiger partial charge is 0.322 e. The van der Waals surface area contributed by atoms with Gasteiger partial charge >= 0.3 is 0 Å². The maximum Gasteiger partial charge on any atom is 0.278 e. The van der Waals surface area contributed by atoms with E-state index in [9.17, 15) is 10.1 Å². The molecule has 1 aliphatic heterocycles. The molecule has 2 aliphatic rings. The van der Waals surface area contributed by atoms with Gasteiger partial charge in [-0.15, -0.1) is 0 Å². The fourth-order valence-electron chi connectivity index (χ4n) is 4.49. The molecule has 1 saturated carbocycles. The summed E-state index contributed by atoms with van der Waals surface area (Å²) in [4.78, 5) is 17.5. The Kier molecular flexibility index (Phi) is 7.24. The lowest BCUT2D eigenvalue weighted by Gasteiger charge is -2.39. The molecule has 0 unspecified atom stereocenters. The van der Waals surface area contributed by atoms with E-state index in [2.05, 4.69) is 42.5 Å². The summed E-state index contributed by atoms with van der Waals surface area (Å²) in [7, 11) is 1.84. The third-order valence-corrected chi connectivity index (χ3v) is 6.49. The summed E-state index contributed by atoms with van der Waals surface area (Å²) in [5.41, 5.74) is 0.679. The second kappa shape index (κ2) is 9.86. The van der Waals surface area contributed by atoms with Crippen LogP contribution in [0.4, 0.5) is 0 Å². The number of amides is 1. The van der Waals surface area contributed by atoms with Crippen LogP contribution in [0.3, 0.4) is 0 Å². The van der Waals surface area contributed by atoms with Gasteiger partial charge in [0.2, 0.25) is 0 Å². The zero-order chi connectivity index (χ0) is 19.8. The lowest BCUT2D eigenvalue weighted by atomic mass is 9.81. The molecule has 0 atom stereocenters. The van der Waals surface area contributed by atoms with Crippen LogP contribution in [-0.4, -0.2) is 62.7 Å². The van der Waals surface area contributed by atoms with Crippen molar-refractivity contribution in [1.82, 2.24) is 4.90 Å². The summed E-state index contributed by atoms with van der Waals surface area (Å²) in [5.74, 6) is 0.130. The number of hydrogen-bond donors (Lipinski definition) is 2. The topological polar surface area (TPSA) is 53.0 Å². The van der Waals surface area contributed by atoms with Crippen molar-refractivity contribution in [2.45, 2.75) is 37.6 Å². The van der Waals surface area contributed by atoms with E-state index < -0.39 is 5.54 Å². The van der Waals surface area contributed by atoms with Gasteiger partial charge in [0.05, 0.1) is 12.6 Å². The van der Waals surface area contributed by atoms with E-state index in [0.717, 1.165) is 58.4 Å². The van der Waals surface area contributed by atoms with Crippen molar-refractivity contribution in [3.8, 4) is 6.07 Å². The Labute approximate surface area is 169 Å². The maximum atomic E-state index is 12.8. The molecule has 5 nitrogen and oxygen atoms in total. The molecule has 1 saturated heterocycles. The van der Waals surface area contributed by atoms with E-state index in [1.807, 2.05) is 13.1 Å². The summed E-state index contributed by atoms with van der Waals surface area (Å²) in [6.45, 7) is 5.78. The minimum atomic E-state index is -0.565. The molecule has 1 amide bonds. The summed E-state index contributed by atoms with van der Waals surface area (Å²) in [5, 5.41) is 9.71. The van der Waals surface area contributed by atoms with Crippen LogP contribution < -0.4 is 9.80 Å². The van der Waals surface area contributed by atoms with Crippen LogP contribution in [0.15, 0.2) is 36.4 Å². The molecule has 0 spiro atoms. The third-order valence-electron chi connectivity index (χ3n) is 6.49. The van der Waals surface area contributed by atoms with Gasteiger partial charge in [0.25, 0.3) is 5.91 Å². The summed E-state index contributed by atoms with van der Waals surface area (Å²) >= 11 is 0. The predicted octanol–water partition coefficient (Wildman–Crippen LogP) is 0.168. The van der Waals surface area contributed by atoms with Gasteiger partial charge in [-0.05, 0) is 24.5 Å². The Morgan fingerprint density at radius 3 is 2.39 bits per heavy atom. The average Bonchev–Trinajstić information content (AvgIpc) is 2.75. The van der Waals surface area contributed by atoms with Crippen LogP contribution in [0.1, 0.15) is 37.7 Å². The van der Waals surface area contributed by atoms with E-state index >= 15 is 0 Å². The van der Waals surface area contributed by atoms with Gasteiger partial charge in [0.1, 0.15) is 31.7 Å². The molecule has 1 aliphatic carbocycles. The van der Waals surface area contributed by atoms with Crippen molar-refractivity contribution < 1.29 is 14.6 Å². The van der Waals surface area contributed by atoms with Crippen molar-refractivity contribution in [3.05, 3.63) is 42.0 Å². The van der Waals surface area contributed by atoms with Crippen molar-refractivity contribution in [3.63, 3.8) is 0 Å². The molecule has 2 fully saturated rings. The minimum absolute atomic E-state index is 0.130. The van der Waals surface area contributed by atoms with Gasteiger partial charge in [-0.3, -0.25) is 4.79 Å². The third kappa shape index (κ3) is 5.21. The molecule has 1 aromatic rings. The first kappa shape index (κ1) is 20.6. The number of likely N-dealkylation sites (N-methyl/N-ethyl adjacent to an activating group) is 1. The van der Waals surface area contributed by atoms with E-state index in [1.165, 1.54) is 16.9 Å². The Hall–Kier alpha value is -2.16. The molecular formula is C23H34N4O+2. The van der Waals surface area contributed by atoms with Gasteiger partial charge in [0.15, 0.2) is 6.54 Å². The highest BCUT2D eigenvalue weighted by molar-refractivity contribution is 5.78. The molecule has 5 heteroatoms. The van der Waals surface area contributed by atoms with Crippen LogP contribution in [0.25, 0.3) is 6.08 Å². The highest BCUT2D eigenvalue weighted by Crippen LogP contribution is 2.32. The number of nitrogens with zero attached hydrogens (tertiary/aromatic N) is 2. The second-order valence-electron chi connectivity index (χ2n) is 8.35. The monoisotopic (exact) mass is 382 g/mol. The molecule has 0 radical (unpaired) electrons. The number of benzene rings is 1. The molecule has 0 bridgehead atoms. The summed E-state index contributed by atoms with van der Waals surface area (Å²) in [6, 6.07) is 12.9. The number of quaternary nitrogens is 2. The molecule has 1 aromatic carbocycles. The van der Waals surface area contributed by atoms with Gasteiger partial charge < -0.3 is 14.7 Å². The number of rotatable bonds is 6. The van der Waals surface area contributed by atoms with Crippen LogP contribution >= 0.6 is 0 Å². The molecule has 150 valence electrons. The van der Waals surface area contributed by atoms with Crippen molar-refractivity contribution in [1.29, 1.82) is 5.26 Å².